The molecular formula is C14H18F3NO2. The molecule has 1 aliphatic heterocycles. The van der Waals surface area contributed by atoms with Crippen molar-refractivity contribution in [3.63, 3.8) is 0 Å². The Morgan fingerprint density at radius 2 is 1.75 bits per heavy atom. The van der Waals surface area contributed by atoms with Crippen LogP contribution in [0.1, 0.15) is 18.4 Å². The number of hydrogen-bond donors (Lipinski definition) is 1. The van der Waals surface area contributed by atoms with Crippen molar-refractivity contribution >= 4 is 0 Å². The summed E-state index contributed by atoms with van der Waals surface area (Å²) in [6.45, 7) is 2.76. The Hall–Kier alpha value is -1.27. The molecule has 1 fully saturated rings. The molecule has 0 aromatic heterocycles. The molecule has 20 heavy (non-hydrogen) atoms. The van der Waals surface area contributed by atoms with Gasteiger partial charge >= 0.3 is 6.36 Å². The zero-order valence-corrected chi connectivity index (χ0v) is 11.1. The van der Waals surface area contributed by atoms with Crippen LogP contribution >= 0.6 is 0 Å². The van der Waals surface area contributed by atoms with Crippen LogP contribution in [-0.2, 0) is 6.54 Å². The van der Waals surface area contributed by atoms with E-state index >= 15 is 0 Å². The van der Waals surface area contributed by atoms with E-state index in [0.29, 0.717) is 12.5 Å². The van der Waals surface area contributed by atoms with Gasteiger partial charge in [0.25, 0.3) is 0 Å². The van der Waals surface area contributed by atoms with Crippen LogP contribution in [0.15, 0.2) is 24.3 Å². The zero-order chi connectivity index (χ0) is 14.6. The Kier molecular flexibility index (Phi) is 4.88. The van der Waals surface area contributed by atoms with Gasteiger partial charge in [-0.15, -0.1) is 13.2 Å². The monoisotopic (exact) mass is 289 g/mol. The second-order valence-corrected chi connectivity index (χ2v) is 5.09. The number of aliphatic hydroxyl groups excluding tert-OH is 1. The Labute approximate surface area is 116 Å². The number of hydrogen-bond acceptors (Lipinski definition) is 3. The summed E-state index contributed by atoms with van der Waals surface area (Å²) in [5, 5.41) is 9.07. The molecule has 0 spiro atoms. The molecule has 1 N–H and O–H groups in total. The van der Waals surface area contributed by atoms with Gasteiger partial charge in [-0.25, -0.2) is 0 Å². The lowest BCUT2D eigenvalue weighted by molar-refractivity contribution is -0.274. The van der Waals surface area contributed by atoms with Crippen molar-refractivity contribution < 1.29 is 23.0 Å². The van der Waals surface area contributed by atoms with E-state index in [1.807, 2.05) is 0 Å². The fourth-order valence-corrected chi connectivity index (χ4v) is 2.38. The first kappa shape index (κ1) is 15.1. The third-order valence-corrected chi connectivity index (χ3v) is 3.53. The number of alkyl halides is 3. The predicted octanol–water partition coefficient (Wildman–Crippen LogP) is 2.79. The molecule has 1 aromatic carbocycles. The lowest BCUT2D eigenvalue weighted by atomic mass is 9.97. The maximum absolute atomic E-state index is 12.0. The molecule has 2 rings (SSSR count). The van der Waals surface area contributed by atoms with Gasteiger partial charge < -0.3 is 9.84 Å². The summed E-state index contributed by atoms with van der Waals surface area (Å²) >= 11 is 0. The van der Waals surface area contributed by atoms with Crippen LogP contribution in [0.5, 0.6) is 5.75 Å². The number of likely N-dealkylation sites (tertiary alicyclic amines) is 1. The summed E-state index contributed by atoms with van der Waals surface area (Å²) in [6, 6.07) is 5.98. The van der Waals surface area contributed by atoms with Crippen molar-refractivity contribution in [1.29, 1.82) is 0 Å². The van der Waals surface area contributed by atoms with Gasteiger partial charge in [0.2, 0.25) is 0 Å². The van der Waals surface area contributed by atoms with E-state index in [1.165, 1.54) is 12.1 Å². The number of nitrogens with zero attached hydrogens (tertiary/aromatic N) is 1. The Morgan fingerprint density at radius 1 is 1.15 bits per heavy atom. The molecule has 112 valence electrons. The van der Waals surface area contributed by atoms with Gasteiger partial charge in [-0.1, -0.05) is 12.1 Å². The highest BCUT2D eigenvalue weighted by atomic mass is 19.4. The number of halogens is 3. The minimum Gasteiger partial charge on any atom is -0.406 e. The van der Waals surface area contributed by atoms with Gasteiger partial charge in [0.15, 0.2) is 0 Å². The summed E-state index contributed by atoms with van der Waals surface area (Å²) in [5.41, 5.74) is 0.960. The molecule has 0 saturated carbocycles. The van der Waals surface area contributed by atoms with Gasteiger partial charge in [-0.3, -0.25) is 4.90 Å². The van der Waals surface area contributed by atoms with Gasteiger partial charge in [0, 0.05) is 13.2 Å². The number of benzene rings is 1. The maximum atomic E-state index is 12.0. The first-order valence-electron chi connectivity index (χ1n) is 6.64. The van der Waals surface area contributed by atoms with Crippen LogP contribution in [0.3, 0.4) is 0 Å². The topological polar surface area (TPSA) is 32.7 Å². The first-order chi connectivity index (χ1) is 9.46. The standard InChI is InChI=1S/C14H18F3NO2/c15-14(16,17)20-13-3-1-11(2-4-13)9-18-7-5-12(10-19)6-8-18/h1-4,12,19H,5-10H2. The average Bonchev–Trinajstić information content (AvgIpc) is 2.40. The lowest BCUT2D eigenvalue weighted by Crippen LogP contribution is -2.34. The first-order valence-corrected chi connectivity index (χ1v) is 6.64. The molecule has 0 aliphatic carbocycles. The highest BCUT2D eigenvalue weighted by molar-refractivity contribution is 5.27. The summed E-state index contributed by atoms with van der Waals surface area (Å²) in [7, 11) is 0. The number of rotatable bonds is 4. The summed E-state index contributed by atoms with van der Waals surface area (Å²) < 4.78 is 39.9. The molecule has 3 nitrogen and oxygen atoms in total. The highest BCUT2D eigenvalue weighted by Gasteiger charge is 2.31. The highest BCUT2D eigenvalue weighted by Crippen LogP contribution is 2.24. The molecule has 0 unspecified atom stereocenters. The molecule has 1 heterocycles. The third-order valence-electron chi connectivity index (χ3n) is 3.53. The van der Waals surface area contributed by atoms with E-state index in [1.54, 1.807) is 12.1 Å². The minimum absolute atomic E-state index is 0.194. The minimum atomic E-state index is -4.65. The normalized spacial score (nSPS) is 18.2. The summed E-state index contributed by atoms with van der Waals surface area (Å²) in [6.07, 6.45) is -2.72. The van der Waals surface area contributed by atoms with Gasteiger partial charge in [-0.2, -0.15) is 0 Å². The Balaban J connectivity index is 1.85. The molecule has 0 amide bonds. The van der Waals surface area contributed by atoms with Crippen LogP contribution in [0, 0.1) is 5.92 Å². The summed E-state index contributed by atoms with van der Waals surface area (Å²) in [4.78, 5) is 2.24. The molecule has 6 heteroatoms. The Morgan fingerprint density at radius 3 is 2.25 bits per heavy atom. The van der Waals surface area contributed by atoms with Crippen LogP contribution < -0.4 is 4.74 Å². The van der Waals surface area contributed by atoms with Crippen molar-refractivity contribution in [1.82, 2.24) is 4.90 Å². The van der Waals surface area contributed by atoms with E-state index < -0.39 is 6.36 Å². The second kappa shape index (κ2) is 6.45. The fourth-order valence-electron chi connectivity index (χ4n) is 2.38. The number of aliphatic hydroxyl groups is 1. The van der Waals surface area contributed by atoms with E-state index in [-0.39, 0.29) is 12.4 Å². The van der Waals surface area contributed by atoms with Gasteiger partial charge in [0.1, 0.15) is 5.75 Å². The predicted molar refractivity (Wildman–Crippen MR) is 68.2 cm³/mol. The lowest BCUT2D eigenvalue weighted by Gasteiger charge is -2.31. The quantitative estimate of drug-likeness (QED) is 0.925. The molecule has 1 aromatic rings. The van der Waals surface area contributed by atoms with Crippen LogP contribution in [-0.4, -0.2) is 36.1 Å². The van der Waals surface area contributed by atoms with Crippen molar-refractivity contribution in [3.8, 4) is 5.75 Å². The van der Waals surface area contributed by atoms with Crippen molar-refractivity contribution in [3.05, 3.63) is 29.8 Å². The van der Waals surface area contributed by atoms with E-state index in [4.69, 9.17) is 5.11 Å². The number of piperidine rings is 1. The third kappa shape index (κ3) is 4.68. The molecule has 0 radical (unpaired) electrons. The largest absolute Gasteiger partial charge is 0.573 e. The second-order valence-electron chi connectivity index (χ2n) is 5.09. The number of ether oxygens (including phenoxy) is 1. The molecule has 1 saturated heterocycles. The summed E-state index contributed by atoms with van der Waals surface area (Å²) in [5.74, 6) is 0.189. The van der Waals surface area contributed by atoms with Gasteiger partial charge in [-0.05, 0) is 49.5 Å². The molecule has 0 atom stereocenters. The van der Waals surface area contributed by atoms with E-state index in [9.17, 15) is 13.2 Å². The average molecular weight is 289 g/mol. The van der Waals surface area contributed by atoms with E-state index in [2.05, 4.69) is 9.64 Å². The smallest absolute Gasteiger partial charge is 0.406 e. The Bertz CT molecular complexity index is 411. The molecule has 1 aliphatic rings. The van der Waals surface area contributed by atoms with Crippen LogP contribution in [0.25, 0.3) is 0 Å². The SMILES string of the molecule is OCC1CCN(Cc2ccc(OC(F)(F)F)cc2)CC1. The fraction of sp³-hybridized carbons (Fsp3) is 0.571. The van der Waals surface area contributed by atoms with Crippen LogP contribution in [0.2, 0.25) is 0 Å². The van der Waals surface area contributed by atoms with Crippen molar-refractivity contribution in [2.75, 3.05) is 19.7 Å². The van der Waals surface area contributed by atoms with E-state index in [0.717, 1.165) is 31.5 Å². The van der Waals surface area contributed by atoms with Gasteiger partial charge in [0.05, 0.1) is 0 Å². The zero-order valence-electron chi connectivity index (χ0n) is 11.1. The van der Waals surface area contributed by atoms with Crippen LogP contribution in [0.4, 0.5) is 13.2 Å². The van der Waals surface area contributed by atoms with Crippen molar-refractivity contribution in [2.45, 2.75) is 25.7 Å². The maximum Gasteiger partial charge on any atom is 0.573 e. The molecule has 0 bridgehead atoms. The molecular weight excluding hydrogens is 271 g/mol. The van der Waals surface area contributed by atoms with Crippen molar-refractivity contribution in [2.24, 2.45) is 5.92 Å².